The van der Waals surface area contributed by atoms with Crippen molar-refractivity contribution in [1.82, 2.24) is 9.80 Å². The quantitative estimate of drug-likeness (QED) is 0.827. The zero-order chi connectivity index (χ0) is 19.7. The summed E-state index contributed by atoms with van der Waals surface area (Å²) >= 11 is 1.70. The lowest BCUT2D eigenvalue weighted by Gasteiger charge is -2.39. The van der Waals surface area contributed by atoms with Crippen LogP contribution >= 0.6 is 11.8 Å². The molecule has 2 aliphatic heterocycles. The first-order valence-electron chi connectivity index (χ1n) is 10.2. The average Bonchev–Trinajstić information content (AvgIpc) is 2.84. The van der Waals surface area contributed by atoms with Gasteiger partial charge in [0.1, 0.15) is 5.82 Å². The van der Waals surface area contributed by atoms with E-state index in [1.54, 1.807) is 23.9 Å². The molecular weight excluding hydrogens is 371 g/mol. The van der Waals surface area contributed by atoms with Crippen LogP contribution in [0.2, 0.25) is 0 Å². The Morgan fingerprint density at radius 1 is 1.07 bits per heavy atom. The van der Waals surface area contributed by atoms with E-state index in [0.29, 0.717) is 12.0 Å². The first-order valence-corrected chi connectivity index (χ1v) is 11.0. The van der Waals surface area contributed by atoms with Crippen molar-refractivity contribution in [2.45, 2.75) is 42.0 Å². The number of β-amino-alcohol motifs (C(OH)–C–C–N with tert-alkyl or cyclic N) is 1. The smallest absolute Gasteiger partial charge is 0.124 e. The van der Waals surface area contributed by atoms with Crippen LogP contribution in [-0.4, -0.2) is 54.2 Å². The number of aliphatic hydroxyl groups excluding tert-OH is 1. The van der Waals surface area contributed by atoms with Crippen LogP contribution in [0.3, 0.4) is 0 Å². The van der Waals surface area contributed by atoms with Gasteiger partial charge in [-0.2, -0.15) is 0 Å². The highest BCUT2D eigenvalue weighted by molar-refractivity contribution is 7.99. The number of piperazine rings is 1. The van der Waals surface area contributed by atoms with Crippen LogP contribution in [0.5, 0.6) is 0 Å². The van der Waals surface area contributed by atoms with Crippen LogP contribution < -0.4 is 0 Å². The molecule has 0 bridgehead atoms. The van der Waals surface area contributed by atoms with Crippen LogP contribution in [-0.2, 0) is 6.42 Å². The normalized spacial score (nSPS) is 20.7. The predicted molar refractivity (Wildman–Crippen MR) is 113 cm³/mol. The summed E-state index contributed by atoms with van der Waals surface area (Å²) in [7, 11) is 0. The number of nitrogens with zero attached hydrogens (tertiary/aromatic N) is 2. The summed E-state index contributed by atoms with van der Waals surface area (Å²) in [6.07, 6.45) is 0.914. The summed E-state index contributed by atoms with van der Waals surface area (Å²) in [6.45, 7) is 9.41. The minimum atomic E-state index is -0.164. The molecule has 0 amide bonds. The Bertz CT molecular complexity index is 833. The van der Waals surface area contributed by atoms with Gasteiger partial charge in [-0.1, -0.05) is 43.8 Å². The van der Waals surface area contributed by atoms with Gasteiger partial charge in [-0.3, -0.25) is 9.80 Å². The predicted octanol–water partition coefficient (Wildman–Crippen LogP) is 4.31. The summed E-state index contributed by atoms with van der Waals surface area (Å²) in [4.78, 5) is 7.20. The Kier molecular flexibility index (Phi) is 6.07. The van der Waals surface area contributed by atoms with Gasteiger partial charge in [-0.05, 0) is 47.2 Å². The number of halogens is 1. The van der Waals surface area contributed by atoms with Crippen LogP contribution in [0.1, 0.15) is 42.5 Å². The number of rotatable bonds is 4. The van der Waals surface area contributed by atoms with Gasteiger partial charge < -0.3 is 5.11 Å². The number of aliphatic hydroxyl groups is 1. The minimum Gasteiger partial charge on any atom is -0.395 e. The van der Waals surface area contributed by atoms with Crippen molar-refractivity contribution in [3.05, 3.63) is 58.9 Å². The number of hydrogen-bond acceptors (Lipinski definition) is 4. The zero-order valence-corrected chi connectivity index (χ0v) is 17.5. The lowest BCUT2D eigenvalue weighted by Crippen LogP contribution is -2.48. The van der Waals surface area contributed by atoms with E-state index >= 15 is 0 Å². The summed E-state index contributed by atoms with van der Waals surface area (Å²) in [5.74, 6) is 0.322. The van der Waals surface area contributed by atoms with E-state index in [4.69, 9.17) is 0 Å². The highest BCUT2D eigenvalue weighted by Gasteiger charge is 2.30. The number of benzene rings is 2. The van der Waals surface area contributed by atoms with Gasteiger partial charge in [-0.25, -0.2) is 4.39 Å². The Hall–Kier alpha value is -1.40. The van der Waals surface area contributed by atoms with E-state index < -0.39 is 0 Å². The Labute approximate surface area is 171 Å². The van der Waals surface area contributed by atoms with Gasteiger partial charge in [0, 0.05) is 48.6 Å². The monoisotopic (exact) mass is 400 g/mol. The fourth-order valence-corrected chi connectivity index (χ4v) is 5.41. The summed E-state index contributed by atoms with van der Waals surface area (Å²) in [5.41, 5.74) is 3.97. The molecule has 2 aliphatic rings. The number of fused-ring (bicyclic) bond motifs is 2. The fourth-order valence-electron chi connectivity index (χ4n) is 4.27. The molecule has 0 saturated carbocycles. The first kappa shape index (κ1) is 19.9. The molecule has 5 heteroatoms. The highest BCUT2D eigenvalue weighted by atomic mass is 32.2. The molecule has 28 heavy (non-hydrogen) atoms. The molecular formula is C23H29FN2OS. The standard InChI is InChI=1S/C23H29FN2OS/c1-16(2)17-4-6-22-20(13-17)21(26-9-7-25(8-10-26)11-12-27)14-18-3-5-19(24)15-23(18)28-22/h3-6,13,15-16,21,27H,7-12,14H2,1-2H3. The highest BCUT2D eigenvalue weighted by Crippen LogP contribution is 2.44. The third-order valence-electron chi connectivity index (χ3n) is 5.99. The van der Waals surface area contributed by atoms with Crippen LogP contribution in [0.4, 0.5) is 4.39 Å². The minimum absolute atomic E-state index is 0.164. The summed E-state index contributed by atoms with van der Waals surface area (Å²) < 4.78 is 13.9. The van der Waals surface area contributed by atoms with Crippen molar-refractivity contribution >= 4 is 11.8 Å². The molecule has 0 spiro atoms. The van der Waals surface area contributed by atoms with E-state index in [1.165, 1.54) is 21.6 Å². The maximum absolute atomic E-state index is 13.9. The lowest BCUT2D eigenvalue weighted by molar-refractivity contribution is 0.0823. The van der Waals surface area contributed by atoms with Gasteiger partial charge >= 0.3 is 0 Å². The SMILES string of the molecule is CC(C)c1ccc2c(c1)C(N1CCN(CCO)CC1)Cc1ccc(F)cc1S2. The summed E-state index contributed by atoms with van der Waals surface area (Å²) in [6, 6.07) is 12.4. The Morgan fingerprint density at radius 3 is 2.57 bits per heavy atom. The molecule has 1 N–H and O–H groups in total. The van der Waals surface area contributed by atoms with Crippen molar-refractivity contribution in [3.8, 4) is 0 Å². The molecule has 1 fully saturated rings. The van der Waals surface area contributed by atoms with Crippen LogP contribution in [0.25, 0.3) is 0 Å². The van der Waals surface area contributed by atoms with Crippen molar-refractivity contribution in [1.29, 1.82) is 0 Å². The molecule has 3 nitrogen and oxygen atoms in total. The molecule has 1 saturated heterocycles. The van der Waals surface area contributed by atoms with E-state index in [1.807, 2.05) is 6.07 Å². The third kappa shape index (κ3) is 4.13. The first-order chi connectivity index (χ1) is 13.5. The second-order valence-electron chi connectivity index (χ2n) is 8.13. The van der Waals surface area contributed by atoms with Crippen molar-refractivity contribution in [3.63, 3.8) is 0 Å². The number of hydrogen-bond donors (Lipinski definition) is 1. The van der Waals surface area contributed by atoms with Gasteiger partial charge in [0.2, 0.25) is 0 Å². The van der Waals surface area contributed by atoms with Crippen molar-refractivity contribution in [2.75, 3.05) is 39.3 Å². The zero-order valence-electron chi connectivity index (χ0n) is 16.7. The Balaban J connectivity index is 1.70. The molecule has 150 valence electrons. The maximum atomic E-state index is 13.9. The average molecular weight is 401 g/mol. The van der Waals surface area contributed by atoms with Crippen LogP contribution in [0.15, 0.2) is 46.2 Å². The van der Waals surface area contributed by atoms with E-state index in [-0.39, 0.29) is 12.4 Å². The lowest BCUT2D eigenvalue weighted by atomic mass is 9.93. The molecule has 0 radical (unpaired) electrons. The molecule has 0 aromatic heterocycles. The molecule has 2 aromatic rings. The third-order valence-corrected chi connectivity index (χ3v) is 7.18. The molecule has 0 aliphatic carbocycles. The molecule has 2 aromatic carbocycles. The molecule has 2 heterocycles. The molecule has 1 atom stereocenters. The van der Waals surface area contributed by atoms with E-state index in [9.17, 15) is 9.50 Å². The second-order valence-corrected chi connectivity index (χ2v) is 9.21. The van der Waals surface area contributed by atoms with Crippen LogP contribution in [0, 0.1) is 5.82 Å². The van der Waals surface area contributed by atoms with Gasteiger partial charge in [-0.15, -0.1) is 0 Å². The van der Waals surface area contributed by atoms with Crippen molar-refractivity contribution < 1.29 is 9.50 Å². The second kappa shape index (κ2) is 8.54. The van der Waals surface area contributed by atoms with Gasteiger partial charge in [0.15, 0.2) is 0 Å². The topological polar surface area (TPSA) is 26.7 Å². The molecule has 1 unspecified atom stereocenters. The largest absolute Gasteiger partial charge is 0.395 e. The molecule has 4 rings (SSSR count). The Morgan fingerprint density at radius 2 is 1.86 bits per heavy atom. The maximum Gasteiger partial charge on any atom is 0.124 e. The van der Waals surface area contributed by atoms with E-state index in [2.05, 4.69) is 41.8 Å². The van der Waals surface area contributed by atoms with Gasteiger partial charge in [0.25, 0.3) is 0 Å². The van der Waals surface area contributed by atoms with Gasteiger partial charge in [0.05, 0.1) is 6.61 Å². The van der Waals surface area contributed by atoms with Crippen molar-refractivity contribution in [2.24, 2.45) is 0 Å². The fraction of sp³-hybridized carbons (Fsp3) is 0.478. The van der Waals surface area contributed by atoms with E-state index in [0.717, 1.165) is 44.0 Å². The summed E-state index contributed by atoms with van der Waals surface area (Å²) in [5, 5.41) is 9.23.